The van der Waals surface area contributed by atoms with Crippen molar-refractivity contribution < 1.29 is 9.53 Å². The predicted molar refractivity (Wildman–Crippen MR) is 120 cm³/mol. The Morgan fingerprint density at radius 3 is 2.63 bits per heavy atom. The number of benzene rings is 1. The number of pyridine rings is 1. The van der Waals surface area contributed by atoms with E-state index in [9.17, 15) is 4.79 Å². The molecule has 3 heterocycles. The fraction of sp³-hybridized carbons (Fsp3) is 0.318. The van der Waals surface area contributed by atoms with Crippen molar-refractivity contribution in [3.63, 3.8) is 0 Å². The minimum absolute atomic E-state index is 0.0190. The van der Waals surface area contributed by atoms with Gasteiger partial charge in [0.2, 0.25) is 0 Å². The van der Waals surface area contributed by atoms with E-state index < -0.39 is 0 Å². The van der Waals surface area contributed by atoms with Gasteiger partial charge < -0.3 is 15.0 Å². The monoisotopic (exact) mass is 423 g/mol. The molecular weight excluding hydrogens is 398 g/mol. The van der Waals surface area contributed by atoms with Crippen LogP contribution in [-0.2, 0) is 0 Å². The molecule has 2 N–H and O–H groups in total. The van der Waals surface area contributed by atoms with E-state index in [1.54, 1.807) is 7.11 Å². The highest BCUT2D eigenvalue weighted by Crippen LogP contribution is 2.31. The van der Waals surface area contributed by atoms with Crippen LogP contribution >= 0.6 is 11.5 Å². The molecule has 2 amide bonds. The minimum atomic E-state index is -0.195. The smallest absolute Gasteiger partial charge is 0.320 e. The normalized spacial score (nSPS) is 18.7. The first-order valence-electron chi connectivity index (χ1n) is 9.92. The van der Waals surface area contributed by atoms with Gasteiger partial charge in [0.15, 0.2) is 0 Å². The van der Waals surface area contributed by atoms with Gasteiger partial charge in [-0.25, -0.2) is 4.79 Å². The van der Waals surface area contributed by atoms with Crippen molar-refractivity contribution in [2.75, 3.05) is 30.4 Å². The van der Waals surface area contributed by atoms with Gasteiger partial charge in [-0.1, -0.05) is 12.1 Å². The van der Waals surface area contributed by atoms with E-state index in [0.29, 0.717) is 0 Å². The number of ether oxygens (including phenoxy) is 1. The average Bonchev–Trinajstić information content (AvgIpc) is 3.19. The Morgan fingerprint density at radius 2 is 1.97 bits per heavy atom. The Kier molecular flexibility index (Phi) is 6.13. The molecule has 3 aromatic rings. The molecule has 1 aromatic carbocycles. The van der Waals surface area contributed by atoms with Crippen LogP contribution in [0.25, 0.3) is 0 Å². The Morgan fingerprint density at radius 1 is 1.20 bits per heavy atom. The Bertz CT molecular complexity index is 977. The maximum absolute atomic E-state index is 12.6. The highest BCUT2D eigenvalue weighted by molar-refractivity contribution is 7.10. The molecule has 2 atom stereocenters. The summed E-state index contributed by atoms with van der Waals surface area (Å²) in [5, 5.41) is 6.84. The quantitative estimate of drug-likeness (QED) is 0.648. The van der Waals surface area contributed by atoms with Gasteiger partial charge in [-0.05, 0) is 60.8 Å². The number of aryl methyl sites for hydroxylation is 1. The number of rotatable bonds is 5. The van der Waals surface area contributed by atoms with Crippen LogP contribution in [0.1, 0.15) is 23.6 Å². The SMILES string of the molecule is COc1ccc([C@@H]2CN(c3ccncc3)CC[C@H]2NC(=O)Nc2cc(C)ns2)cc1. The number of hydrogen-bond acceptors (Lipinski definition) is 6. The molecule has 0 bridgehead atoms. The fourth-order valence-corrected chi connectivity index (χ4v) is 4.50. The molecule has 1 saturated heterocycles. The van der Waals surface area contributed by atoms with Gasteiger partial charge in [-0.2, -0.15) is 4.37 Å². The van der Waals surface area contributed by atoms with Gasteiger partial charge in [0, 0.05) is 43.1 Å². The number of methoxy groups -OCH3 is 1. The third kappa shape index (κ3) is 4.71. The van der Waals surface area contributed by atoms with Crippen molar-refractivity contribution >= 4 is 28.3 Å². The summed E-state index contributed by atoms with van der Waals surface area (Å²) in [5.41, 5.74) is 3.22. The van der Waals surface area contributed by atoms with Crippen molar-refractivity contribution in [3.05, 3.63) is 66.1 Å². The van der Waals surface area contributed by atoms with Crippen molar-refractivity contribution in [2.24, 2.45) is 0 Å². The lowest BCUT2D eigenvalue weighted by Gasteiger charge is -2.40. The first-order chi connectivity index (χ1) is 14.6. The lowest BCUT2D eigenvalue weighted by Crippen LogP contribution is -2.50. The van der Waals surface area contributed by atoms with Crippen molar-refractivity contribution in [2.45, 2.75) is 25.3 Å². The lowest BCUT2D eigenvalue weighted by atomic mass is 9.85. The highest BCUT2D eigenvalue weighted by Gasteiger charge is 2.32. The highest BCUT2D eigenvalue weighted by atomic mass is 32.1. The van der Waals surface area contributed by atoms with E-state index >= 15 is 0 Å². The largest absolute Gasteiger partial charge is 0.497 e. The van der Waals surface area contributed by atoms with E-state index in [0.717, 1.165) is 41.6 Å². The molecule has 30 heavy (non-hydrogen) atoms. The molecule has 0 saturated carbocycles. The van der Waals surface area contributed by atoms with Crippen molar-refractivity contribution in [1.29, 1.82) is 0 Å². The topological polar surface area (TPSA) is 79.4 Å². The van der Waals surface area contributed by atoms with E-state index in [2.05, 4.69) is 37.0 Å². The maximum Gasteiger partial charge on any atom is 0.320 e. The van der Waals surface area contributed by atoms with Crippen LogP contribution < -0.4 is 20.3 Å². The molecule has 0 radical (unpaired) electrons. The van der Waals surface area contributed by atoms with E-state index in [1.165, 1.54) is 17.1 Å². The van der Waals surface area contributed by atoms with Crippen LogP contribution in [0.4, 0.5) is 15.5 Å². The zero-order valence-electron chi connectivity index (χ0n) is 17.0. The zero-order valence-corrected chi connectivity index (χ0v) is 17.9. The molecule has 1 fully saturated rings. The number of hydrogen-bond donors (Lipinski definition) is 2. The summed E-state index contributed by atoms with van der Waals surface area (Å²) in [6.07, 6.45) is 4.47. The third-order valence-electron chi connectivity index (χ3n) is 5.37. The summed E-state index contributed by atoms with van der Waals surface area (Å²) in [4.78, 5) is 19.1. The second-order valence-corrected chi connectivity index (χ2v) is 8.16. The van der Waals surface area contributed by atoms with Crippen LogP contribution in [-0.4, -0.2) is 41.6 Å². The number of carbonyl (C=O) groups excluding carboxylic acids is 1. The number of aromatic nitrogens is 2. The van der Waals surface area contributed by atoms with Crippen LogP contribution in [0.15, 0.2) is 54.9 Å². The van der Waals surface area contributed by atoms with E-state index in [4.69, 9.17) is 4.74 Å². The molecule has 1 aliphatic rings. The number of amides is 2. The number of urea groups is 1. The third-order valence-corrected chi connectivity index (χ3v) is 6.16. The maximum atomic E-state index is 12.6. The molecule has 4 rings (SSSR count). The van der Waals surface area contributed by atoms with Gasteiger partial charge in [0.05, 0.1) is 12.8 Å². The molecule has 1 aliphatic heterocycles. The van der Waals surface area contributed by atoms with Crippen molar-refractivity contribution in [1.82, 2.24) is 14.7 Å². The second kappa shape index (κ2) is 9.13. The van der Waals surface area contributed by atoms with Crippen LogP contribution in [0, 0.1) is 6.92 Å². The van der Waals surface area contributed by atoms with Gasteiger partial charge >= 0.3 is 6.03 Å². The first-order valence-corrected chi connectivity index (χ1v) is 10.7. The average molecular weight is 424 g/mol. The molecule has 2 aromatic heterocycles. The van der Waals surface area contributed by atoms with E-state index in [1.807, 2.05) is 49.6 Å². The molecule has 156 valence electrons. The predicted octanol–water partition coefficient (Wildman–Crippen LogP) is 4.04. The molecule has 8 heteroatoms. The lowest BCUT2D eigenvalue weighted by molar-refractivity contribution is 0.243. The fourth-order valence-electron chi connectivity index (χ4n) is 3.84. The summed E-state index contributed by atoms with van der Waals surface area (Å²) in [6, 6.07) is 13.9. The van der Waals surface area contributed by atoms with Crippen LogP contribution in [0.2, 0.25) is 0 Å². The van der Waals surface area contributed by atoms with Gasteiger partial charge in [-0.15, -0.1) is 0 Å². The van der Waals surface area contributed by atoms with Crippen molar-refractivity contribution in [3.8, 4) is 5.75 Å². The number of nitrogens with one attached hydrogen (secondary N) is 2. The van der Waals surface area contributed by atoms with Crippen LogP contribution in [0.3, 0.4) is 0 Å². The number of nitrogens with zero attached hydrogens (tertiary/aromatic N) is 3. The number of carbonyl (C=O) groups is 1. The molecule has 0 spiro atoms. The van der Waals surface area contributed by atoms with Gasteiger partial charge in [0.25, 0.3) is 0 Å². The molecular formula is C22H25N5O2S. The molecule has 0 aliphatic carbocycles. The number of anilines is 2. The second-order valence-electron chi connectivity index (χ2n) is 7.36. The Balaban J connectivity index is 1.52. The summed E-state index contributed by atoms with van der Waals surface area (Å²) in [7, 11) is 1.66. The zero-order chi connectivity index (χ0) is 20.9. The molecule has 7 nitrogen and oxygen atoms in total. The van der Waals surface area contributed by atoms with Crippen LogP contribution in [0.5, 0.6) is 5.75 Å². The first kappa shape index (κ1) is 20.2. The summed E-state index contributed by atoms with van der Waals surface area (Å²) in [6.45, 7) is 3.58. The summed E-state index contributed by atoms with van der Waals surface area (Å²) >= 11 is 1.29. The minimum Gasteiger partial charge on any atom is -0.497 e. The van der Waals surface area contributed by atoms with Gasteiger partial charge in [-0.3, -0.25) is 10.3 Å². The van der Waals surface area contributed by atoms with E-state index in [-0.39, 0.29) is 18.0 Å². The standard InChI is InChI=1S/C22H25N5O2S/c1-15-13-21(30-26-15)25-22(28)24-20-9-12-27(17-7-10-23-11-8-17)14-19(20)16-3-5-18(29-2)6-4-16/h3-8,10-11,13,19-20H,9,12,14H2,1-2H3,(H2,24,25,28)/t19-,20+/m0/s1. The number of piperidine rings is 1. The Hall–Kier alpha value is -3.13. The Labute approximate surface area is 180 Å². The summed E-state index contributed by atoms with van der Waals surface area (Å²) in [5.74, 6) is 0.968. The summed E-state index contributed by atoms with van der Waals surface area (Å²) < 4.78 is 9.52. The molecule has 0 unspecified atom stereocenters. The van der Waals surface area contributed by atoms with Gasteiger partial charge in [0.1, 0.15) is 10.8 Å².